The number of carbonyl (C=O) groups is 1. The standard InChI is InChI=1S/C22H18Cl2N2O3/c23-15-4-5-17(24)16(9-15)19-6-7-20(29-19)22(28)25-10-13-8-14(12-25)18-2-1-3-21(27)26(18)11-13/h1-7,9,13-14H,8,10-12H2/t13-,14-/m1/s1. The fourth-order valence-electron chi connectivity index (χ4n) is 4.50. The molecule has 29 heavy (non-hydrogen) atoms. The molecule has 4 heterocycles. The summed E-state index contributed by atoms with van der Waals surface area (Å²) in [5.41, 5.74) is 1.70. The summed E-state index contributed by atoms with van der Waals surface area (Å²) >= 11 is 12.3. The number of benzene rings is 1. The van der Waals surface area contributed by atoms with Gasteiger partial charge in [-0.2, -0.15) is 0 Å². The van der Waals surface area contributed by atoms with Gasteiger partial charge in [-0.1, -0.05) is 29.3 Å². The van der Waals surface area contributed by atoms with Crippen LogP contribution in [-0.2, 0) is 6.54 Å². The predicted molar refractivity (Wildman–Crippen MR) is 112 cm³/mol. The molecule has 2 aliphatic heterocycles. The summed E-state index contributed by atoms with van der Waals surface area (Å²) in [5.74, 6) is 1.08. The molecule has 0 N–H and O–H groups in total. The van der Waals surface area contributed by atoms with E-state index in [0.29, 0.717) is 41.0 Å². The Balaban J connectivity index is 1.41. The minimum atomic E-state index is -0.143. The molecule has 1 amide bonds. The summed E-state index contributed by atoms with van der Waals surface area (Å²) in [6, 6.07) is 13.9. The van der Waals surface area contributed by atoms with Crippen molar-refractivity contribution in [2.45, 2.75) is 18.9 Å². The Bertz CT molecular complexity index is 1170. The maximum atomic E-state index is 13.1. The van der Waals surface area contributed by atoms with Gasteiger partial charge >= 0.3 is 0 Å². The van der Waals surface area contributed by atoms with E-state index in [9.17, 15) is 9.59 Å². The van der Waals surface area contributed by atoms with Crippen LogP contribution in [-0.4, -0.2) is 28.5 Å². The minimum Gasteiger partial charge on any atom is -0.451 e. The summed E-state index contributed by atoms with van der Waals surface area (Å²) in [6.07, 6.45) is 0.995. The molecule has 2 aromatic heterocycles. The van der Waals surface area contributed by atoms with Gasteiger partial charge in [0.15, 0.2) is 5.76 Å². The molecule has 5 rings (SSSR count). The van der Waals surface area contributed by atoms with E-state index in [2.05, 4.69) is 0 Å². The van der Waals surface area contributed by atoms with Crippen LogP contribution in [0.25, 0.3) is 11.3 Å². The molecule has 148 valence electrons. The maximum absolute atomic E-state index is 13.1. The molecule has 0 aliphatic carbocycles. The predicted octanol–water partition coefficient (Wildman–Crippen LogP) is 4.67. The van der Waals surface area contributed by atoms with Crippen LogP contribution in [0.3, 0.4) is 0 Å². The van der Waals surface area contributed by atoms with E-state index in [1.807, 2.05) is 15.5 Å². The summed E-state index contributed by atoms with van der Waals surface area (Å²) in [4.78, 5) is 27.1. The van der Waals surface area contributed by atoms with Gasteiger partial charge in [-0.05, 0) is 48.7 Å². The fraction of sp³-hybridized carbons (Fsp3) is 0.273. The average molecular weight is 429 g/mol. The highest BCUT2D eigenvalue weighted by molar-refractivity contribution is 6.35. The van der Waals surface area contributed by atoms with Crippen molar-refractivity contribution < 1.29 is 9.21 Å². The third-order valence-electron chi connectivity index (χ3n) is 5.78. The summed E-state index contributed by atoms with van der Waals surface area (Å²) < 4.78 is 7.70. The second-order valence-corrected chi connectivity index (χ2v) is 8.54. The van der Waals surface area contributed by atoms with Gasteiger partial charge in [-0.15, -0.1) is 0 Å². The van der Waals surface area contributed by atoms with Gasteiger partial charge in [-0.3, -0.25) is 9.59 Å². The number of halogens is 2. The summed E-state index contributed by atoms with van der Waals surface area (Å²) in [5, 5.41) is 1.06. The Morgan fingerprint density at radius 1 is 1.03 bits per heavy atom. The zero-order chi connectivity index (χ0) is 20.1. The number of carbonyl (C=O) groups excluding carboxylic acids is 1. The SMILES string of the molecule is O=C(c1ccc(-c2cc(Cl)ccc2Cl)o1)N1C[C@H]2C[C@H](C1)c1cccc(=O)n1C2. The lowest BCUT2D eigenvalue weighted by atomic mass is 9.83. The average Bonchev–Trinajstić information content (AvgIpc) is 3.20. The first-order valence-electron chi connectivity index (χ1n) is 9.54. The molecule has 0 saturated carbocycles. The molecule has 2 bridgehead atoms. The van der Waals surface area contributed by atoms with Crippen molar-refractivity contribution in [3.63, 3.8) is 0 Å². The van der Waals surface area contributed by atoms with Gasteiger partial charge in [0.2, 0.25) is 0 Å². The van der Waals surface area contributed by atoms with Crippen molar-refractivity contribution in [3.8, 4) is 11.3 Å². The number of nitrogens with zero attached hydrogens (tertiary/aromatic N) is 2. The van der Waals surface area contributed by atoms with Gasteiger partial charge in [0.25, 0.3) is 11.5 Å². The van der Waals surface area contributed by atoms with Crippen LogP contribution < -0.4 is 5.56 Å². The molecular weight excluding hydrogens is 411 g/mol. The highest BCUT2D eigenvalue weighted by Gasteiger charge is 2.37. The van der Waals surface area contributed by atoms with E-state index in [-0.39, 0.29) is 29.1 Å². The normalized spacial score (nSPS) is 20.4. The molecule has 0 unspecified atom stereocenters. The van der Waals surface area contributed by atoms with E-state index in [0.717, 1.165) is 12.1 Å². The molecule has 1 fully saturated rings. The first-order valence-corrected chi connectivity index (χ1v) is 10.3. The van der Waals surface area contributed by atoms with Crippen LogP contribution in [0.15, 0.2) is 57.7 Å². The first kappa shape index (κ1) is 18.5. The largest absolute Gasteiger partial charge is 0.451 e. The number of pyridine rings is 1. The summed E-state index contributed by atoms with van der Waals surface area (Å²) in [7, 11) is 0. The smallest absolute Gasteiger partial charge is 0.289 e. The molecule has 2 aliphatic rings. The van der Waals surface area contributed by atoms with E-state index < -0.39 is 0 Å². The van der Waals surface area contributed by atoms with Gasteiger partial charge in [0.05, 0.1) is 5.02 Å². The molecule has 5 nitrogen and oxygen atoms in total. The highest BCUT2D eigenvalue weighted by Crippen LogP contribution is 2.36. The lowest BCUT2D eigenvalue weighted by Crippen LogP contribution is -2.49. The Labute approximate surface area is 177 Å². The highest BCUT2D eigenvalue weighted by atomic mass is 35.5. The van der Waals surface area contributed by atoms with Crippen molar-refractivity contribution >= 4 is 29.1 Å². The Kier molecular flexibility index (Phi) is 4.52. The molecule has 7 heteroatoms. The lowest BCUT2D eigenvalue weighted by Gasteiger charge is -2.42. The van der Waals surface area contributed by atoms with Crippen LogP contribution in [0.5, 0.6) is 0 Å². The Morgan fingerprint density at radius 3 is 2.76 bits per heavy atom. The zero-order valence-electron chi connectivity index (χ0n) is 15.5. The number of aromatic nitrogens is 1. The van der Waals surface area contributed by atoms with Crippen molar-refractivity contribution in [2.75, 3.05) is 13.1 Å². The Hall–Kier alpha value is -2.50. The van der Waals surface area contributed by atoms with Crippen molar-refractivity contribution in [2.24, 2.45) is 5.92 Å². The second-order valence-electron chi connectivity index (χ2n) is 7.70. The van der Waals surface area contributed by atoms with Crippen molar-refractivity contribution in [3.05, 3.63) is 80.4 Å². The summed E-state index contributed by atoms with van der Waals surface area (Å²) in [6.45, 7) is 1.84. The van der Waals surface area contributed by atoms with Crippen LogP contribution >= 0.6 is 23.2 Å². The van der Waals surface area contributed by atoms with Crippen LogP contribution in [0.2, 0.25) is 10.0 Å². The van der Waals surface area contributed by atoms with Crippen LogP contribution in [0.1, 0.15) is 28.6 Å². The maximum Gasteiger partial charge on any atom is 0.289 e. The number of fused-ring (bicyclic) bond motifs is 4. The molecular formula is C22H18Cl2N2O3. The number of hydrogen-bond acceptors (Lipinski definition) is 3. The van der Waals surface area contributed by atoms with Crippen molar-refractivity contribution in [1.82, 2.24) is 9.47 Å². The number of amides is 1. The van der Waals surface area contributed by atoms with Gasteiger partial charge < -0.3 is 13.9 Å². The number of hydrogen-bond donors (Lipinski definition) is 0. The third kappa shape index (κ3) is 3.28. The van der Waals surface area contributed by atoms with E-state index in [1.165, 1.54) is 0 Å². The van der Waals surface area contributed by atoms with Crippen LogP contribution in [0.4, 0.5) is 0 Å². The molecule has 2 atom stereocenters. The number of rotatable bonds is 2. The van der Waals surface area contributed by atoms with E-state index in [1.54, 1.807) is 42.5 Å². The topological polar surface area (TPSA) is 55.5 Å². The quantitative estimate of drug-likeness (QED) is 0.595. The van der Waals surface area contributed by atoms with Gasteiger partial charge in [-0.25, -0.2) is 0 Å². The molecule has 0 spiro atoms. The second kappa shape index (κ2) is 7.08. The van der Waals surface area contributed by atoms with Crippen LogP contribution in [0, 0.1) is 5.92 Å². The third-order valence-corrected chi connectivity index (χ3v) is 6.34. The zero-order valence-corrected chi connectivity index (χ0v) is 17.0. The van der Waals surface area contributed by atoms with E-state index >= 15 is 0 Å². The lowest BCUT2D eigenvalue weighted by molar-refractivity contribution is 0.0564. The molecule has 3 aromatic rings. The number of furan rings is 1. The van der Waals surface area contributed by atoms with E-state index in [4.69, 9.17) is 27.6 Å². The first-order chi connectivity index (χ1) is 14.0. The van der Waals surface area contributed by atoms with Gasteiger partial charge in [0.1, 0.15) is 5.76 Å². The molecule has 0 radical (unpaired) electrons. The van der Waals surface area contributed by atoms with Crippen molar-refractivity contribution in [1.29, 1.82) is 0 Å². The number of likely N-dealkylation sites (tertiary alicyclic amines) is 1. The monoisotopic (exact) mass is 428 g/mol. The number of piperidine rings is 1. The molecule has 1 saturated heterocycles. The Morgan fingerprint density at radius 2 is 1.90 bits per heavy atom. The minimum absolute atomic E-state index is 0.0334. The molecule has 1 aromatic carbocycles. The van der Waals surface area contributed by atoms with Gasteiger partial charge in [0, 0.05) is 47.9 Å². The fourth-order valence-corrected chi connectivity index (χ4v) is 4.88.